The van der Waals surface area contributed by atoms with Crippen LogP contribution in [0.5, 0.6) is 11.5 Å². The van der Waals surface area contributed by atoms with Crippen molar-refractivity contribution in [3.63, 3.8) is 0 Å². The van der Waals surface area contributed by atoms with Gasteiger partial charge in [0.25, 0.3) is 5.91 Å². The predicted octanol–water partition coefficient (Wildman–Crippen LogP) is 3.81. The Morgan fingerprint density at radius 3 is 2.92 bits per heavy atom. The Labute approximate surface area is 142 Å². The number of amides is 1. The van der Waals surface area contributed by atoms with Crippen LogP contribution >= 0.6 is 11.6 Å². The Balaban J connectivity index is 1.62. The first-order chi connectivity index (χ1) is 11.6. The molecule has 3 aromatic rings. The lowest BCUT2D eigenvalue weighted by atomic mass is 10.1. The number of aromatic nitrogens is 1. The van der Waals surface area contributed by atoms with Gasteiger partial charge in [0, 0.05) is 18.2 Å². The second-order valence-electron chi connectivity index (χ2n) is 5.35. The molecule has 0 saturated carbocycles. The van der Waals surface area contributed by atoms with E-state index in [0.717, 1.165) is 0 Å². The SMILES string of the molecule is Cc1nc2cc(NC(=O)c3cc(Cl)c4c(c3)OCCO4)ccc2o1. The van der Waals surface area contributed by atoms with Gasteiger partial charge in [0.15, 0.2) is 23.0 Å². The molecule has 4 rings (SSSR count). The van der Waals surface area contributed by atoms with Gasteiger partial charge in [0.2, 0.25) is 0 Å². The van der Waals surface area contributed by atoms with E-state index in [9.17, 15) is 4.79 Å². The minimum absolute atomic E-state index is 0.298. The topological polar surface area (TPSA) is 73.6 Å². The fourth-order valence-electron chi connectivity index (χ4n) is 2.57. The van der Waals surface area contributed by atoms with Gasteiger partial charge < -0.3 is 19.2 Å². The molecule has 0 saturated heterocycles. The molecular formula is C17H13ClN2O4. The van der Waals surface area contributed by atoms with Crippen LogP contribution in [0.2, 0.25) is 5.02 Å². The molecule has 2 heterocycles. The molecule has 24 heavy (non-hydrogen) atoms. The lowest BCUT2D eigenvalue weighted by Crippen LogP contribution is -2.17. The summed E-state index contributed by atoms with van der Waals surface area (Å²) in [6, 6.07) is 8.45. The average molecular weight is 345 g/mol. The molecule has 1 N–H and O–H groups in total. The van der Waals surface area contributed by atoms with E-state index in [4.69, 9.17) is 25.5 Å². The Kier molecular flexibility index (Phi) is 3.54. The molecule has 0 atom stereocenters. The molecule has 7 heteroatoms. The summed E-state index contributed by atoms with van der Waals surface area (Å²) >= 11 is 6.17. The molecule has 1 aliphatic rings. The Bertz CT molecular complexity index is 951. The first kappa shape index (κ1) is 14.8. The number of carbonyl (C=O) groups is 1. The number of hydrogen-bond donors (Lipinski definition) is 1. The van der Waals surface area contributed by atoms with Crippen LogP contribution in [0.4, 0.5) is 5.69 Å². The van der Waals surface area contributed by atoms with Crippen LogP contribution in [0, 0.1) is 6.92 Å². The number of ether oxygens (including phenoxy) is 2. The quantitative estimate of drug-likeness (QED) is 0.765. The van der Waals surface area contributed by atoms with Gasteiger partial charge in [0.05, 0.1) is 5.02 Å². The number of carbonyl (C=O) groups excluding carboxylic acids is 1. The second-order valence-corrected chi connectivity index (χ2v) is 5.76. The van der Waals surface area contributed by atoms with Crippen molar-refractivity contribution < 1.29 is 18.7 Å². The number of aryl methyl sites for hydroxylation is 1. The van der Waals surface area contributed by atoms with E-state index >= 15 is 0 Å². The number of hydrogen-bond acceptors (Lipinski definition) is 5. The standard InChI is InChI=1S/C17H13ClN2O4/c1-9-19-13-8-11(2-3-14(13)24-9)20-17(21)10-6-12(18)16-15(7-10)22-4-5-23-16/h2-3,6-8H,4-5H2,1H3,(H,20,21). The van der Waals surface area contributed by atoms with Crippen LogP contribution in [-0.2, 0) is 0 Å². The molecule has 0 fully saturated rings. The first-order valence-electron chi connectivity index (χ1n) is 7.38. The maximum absolute atomic E-state index is 12.5. The van der Waals surface area contributed by atoms with Crippen molar-refractivity contribution in [1.29, 1.82) is 0 Å². The largest absolute Gasteiger partial charge is 0.486 e. The zero-order chi connectivity index (χ0) is 16.7. The van der Waals surface area contributed by atoms with Crippen molar-refractivity contribution in [1.82, 2.24) is 4.98 Å². The van der Waals surface area contributed by atoms with Crippen LogP contribution in [-0.4, -0.2) is 24.1 Å². The monoisotopic (exact) mass is 344 g/mol. The van der Waals surface area contributed by atoms with Crippen LogP contribution in [0.1, 0.15) is 16.2 Å². The number of nitrogens with zero attached hydrogens (tertiary/aromatic N) is 1. The average Bonchev–Trinajstić information content (AvgIpc) is 2.94. The molecule has 0 aliphatic carbocycles. The number of halogens is 1. The number of nitrogens with one attached hydrogen (secondary N) is 1. The van der Waals surface area contributed by atoms with Gasteiger partial charge >= 0.3 is 0 Å². The van der Waals surface area contributed by atoms with Crippen LogP contribution < -0.4 is 14.8 Å². The van der Waals surface area contributed by atoms with E-state index in [1.807, 2.05) is 0 Å². The number of benzene rings is 2. The second kappa shape index (κ2) is 5.72. The highest BCUT2D eigenvalue weighted by Gasteiger charge is 2.19. The molecule has 1 amide bonds. The number of fused-ring (bicyclic) bond motifs is 2. The molecule has 122 valence electrons. The molecule has 0 unspecified atom stereocenters. The fraction of sp³-hybridized carbons (Fsp3) is 0.176. The van der Waals surface area contributed by atoms with Crippen molar-refractivity contribution in [3.05, 3.63) is 46.8 Å². The van der Waals surface area contributed by atoms with E-state index in [0.29, 0.717) is 58.0 Å². The van der Waals surface area contributed by atoms with Gasteiger partial charge in [-0.1, -0.05) is 11.6 Å². The lowest BCUT2D eigenvalue weighted by molar-refractivity contribution is 0.102. The molecular weight excluding hydrogens is 332 g/mol. The third-order valence-corrected chi connectivity index (χ3v) is 3.89. The fourth-order valence-corrected chi connectivity index (χ4v) is 2.83. The summed E-state index contributed by atoms with van der Waals surface area (Å²) in [5.74, 6) is 1.22. The highest BCUT2D eigenvalue weighted by molar-refractivity contribution is 6.32. The summed E-state index contributed by atoms with van der Waals surface area (Å²) < 4.78 is 16.4. The van der Waals surface area contributed by atoms with Gasteiger partial charge in [-0.25, -0.2) is 4.98 Å². The molecule has 6 nitrogen and oxygen atoms in total. The Morgan fingerprint density at radius 1 is 1.21 bits per heavy atom. The van der Waals surface area contributed by atoms with Gasteiger partial charge in [-0.3, -0.25) is 4.79 Å². The van der Waals surface area contributed by atoms with Gasteiger partial charge in [0.1, 0.15) is 18.7 Å². The predicted molar refractivity (Wildman–Crippen MR) is 89.1 cm³/mol. The van der Waals surface area contributed by atoms with Crippen molar-refractivity contribution in [2.24, 2.45) is 0 Å². The molecule has 0 radical (unpaired) electrons. The zero-order valence-corrected chi connectivity index (χ0v) is 13.5. The highest BCUT2D eigenvalue weighted by Crippen LogP contribution is 2.38. The van der Waals surface area contributed by atoms with Crippen LogP contribution in [0.3, 0.4) is 0 Å². The molecule has 2 aromatic carbocycles. The molecule has 0 spiro atoms. The maximum atomic E-state index is 12.5. The van der Waals surface area contributed by atoms with E-state index < -0.39 is 0 Å². The van der Waals surface area contributed by atoms with Crippen molar-refractivity contribution >= 4 is 34.3 Å². The van der Waals surface area contributed by atoms with E-state index in [-0.39, 0.29) is 5.91 Å². The van der Waals surface area contributed by atoms with Crippen LogP contribution in [0.15, 0.2) is 34.7 Å². The number of anilines is 1. The maximum Gasteiger partial charge on any atom is 0.255 e. The summed E-state index contributed by atoms with van der Waals surface area (Å²) in [6.45, 7) is 2.64. The summed E-state index contributed by atoms with van der Waals surface area (Å²) in [7, 11) is 0. The van der Waals surface area contributed by atoms with E-state index in [1.54, 1.807) is 37.3 Å². The molecule has 0 bridgehead atoms. The number of oxazole rings is 1. The first-order valence-corrected chi connectivity index (χ1v) is 7.75. The summed E-state index contributed by atoms with van der Waals surface area (Å²) in [5.41, 5.74) is 2.37. The van der Waals surface area contributed by atoms with Gasteiger partial charge in [-0.15, -0.1) is 0 Å². The molecule has 1 aliphatic heterocycles. The smallest absolute Gasteiger partial charge is 0.255 e. The Hall–Kier alpha value is -2.73. The Morgan fingerprint density at radius 2 is 2.04 bits per heavy atom. The van der Waals surface area contributed by atoms with Crippen molar-refractivity contribution in [3.8, 4) is 11.5 Å². The third kappa shape index (κ3) is 2.65. The van der Waals surface area contributed by atoms with Crippen molar-refractivity contribution in [2.75, 3.05) is 18.5 Å². The van der Waals surface area contributed by atoms with Gasteiger partial charge in [-0.2, -0.15) is 0 Å². The van der Waals surface area contributed by atoms with E-state index in [2.05, 4.69) is 10.3 Å². The van der Waals surface area contributed by atoms with Gasteiger partial charge in [-0.05, 0) is 30.3 Å². The summed E-state index contributed by atoms with van der Waals surface area (Å²) in [5, 5.41) is 3.17. The molecule has 1 aromatic heterocycles. The minimum atomic E-state index is -0.298. The minimum Gasteiger partial charge on any atom is -0.486 e. The van der Waals surface area contributed by atoms with Crippen molar-refractivity contribution in [2.45, 2.75) is 6.92 Å². The van der Waals surface area contributed by atoms with Crippen LogP contribution in [0.25, 0.3) is 11.1 Å². The highest BCUT2D eigenvalue weighted by atomic mass is 35.5. The number of rotatable bonds is 2. The normalized spacial score (nSPS) is 13.1. The summed E-state index contributed by atoms with van der Waals surface area (Å²) in [6.07, 6.45) is 0. The third-order valence-electron chi connectivity index (χ3n) is 3.61. The summed E-state index contributed by atoms with van der Waals surface area (Å²) in [4.78, 5) is 16.7. The lowest BCUT2D eigenvalue weighted by Gasteiger charge is -2.20. The zero-order valence-electron chi connectivity index (χ0n) is 12.8. The van der Waals surface area contributed by atoms with E-state index in [1.165, 1.54) is 0 Å².